The summed E-state index contributed by atoms with van der Waals surface area (Å²) in [7, 11) is 0. The van der Waals surface area contributed by atoms with E-state index in [-0.39, 0.29) is 12.4 Å². The molecule has 1 fully saturated rings. The number of imidazole rings is 1. The minimum Gasteiger partial charge on any atom is -0.342 e. The first kappa shape index (κ1) is 20.9. The molecule has 1 aromatic carbocycles. The van der Waals surface area contributed by atoms with Gasteiger partial charge in [-0.1, -0.05) is 23.2 Å². The second kappa shape index (κ2) is 9.49. The van der Waals surface area contributed by atoms with Crippen LogP contribution in [0, 0.1) is 0 Å². The van der Waals surface area contributed by atoms with Crippen molar-refractivity contribution in [2.45, 2.75) is 39.2 Å². The largest absolute Gasteiger partial charge is 0.342 e. The van der Waals surface area contributed by atoms with Crippen LogP contribution in [0.5, 0.6) is 0 Å². The third kappa shape index (κ3) is 5.06. The van der Waals surface area contributed by atoms with Gasteiger partial charge in [-0.25, -0.2) is 4.98 Å². The fourth-order valence-electron chi connectivity index (χ4n) is 2.88. The Hall–Kier alpha value is -1.43. The summed E-state index contributed by atoms with van der Waals surface area (Å²) in [6, 6.07) is 5.81. The summed E-state index contributed by atoms with van der Waals surface area (Å²) >= 11 is 12.2. The van der Waals surface area contributed by atoms with E-state index >= 15 is 0 Å². The summed E-state index contributed by atoms with van der Waals surface area (Å²) in [5.41, 5.74) is 0.862. The number of halogens is 3. The van der Waals surface area contributed by atoms with Crippen molar-refractivity contribution in [3.63, 3.8) is 0 Å². The minimum atomic E-state index is 0. The summed E-state index contributed by atoms with van der Waals surface area (Å²) in [4.78, 5) is 11.5. The van der Waals surface area contributed by atoms with Gasteiger partial charge in [0.15, 0.2) is 0 Å². The van der Waals surface area contributed by atoms with Crippen LogP contribution in [0.2, 0.25) is 10.0 Å². The number of rotatable bonds is 3. The van der Waals surface area contributed by atoms with Gasteiger partial charge in [0.05, 0.1) is 10.0 Å². The fourth-order valence-corrected chi connectivity index (χ4v) is 3.17. The van der Waals surface area contributed by atoms with Gasteiger partial charge >= 0.3 is 0 Å². The van der Waals surface area contributed by atoms with Gasteiger partial charge < -0.3 is 14.8 Å². The van der Waals surface area contributed by atoms with Crippen LogP contribution in [0.15, 0.2) is 35.6 Å². The molecule has 26 heavy (non-hydrogen) atoms. The average molecular weight is 417 g/mol. The molecule has 2 heterocycles. The van der Waals surface area contributed by atoms with Gasteiger partial charge in [0.2, 0.25) is 11.9 Å². The highest BCUT2D eigenvalue weighted by Gasteiger charge is 2.17. The van der Waals surface area contributed by atoms with Crippen LogP contribution in [-0.2, 0) is 0 Å². The lowest BCUT2D eigenvalue weighted by Crippen LogP contribution is -2.40. The molecule has 1 aromatic heterocycles. The monoisotopic (exact) mass is 415 g/mol. The molecule has 0 spiro atoms. The van der Waals surface area contributed by atoms with E-state index in [2.05, 4.69) is 33.6 Å². The number of piperidine rings is 1. The van der Waals surface area contributed by atoms with Crippen LogP contribution in [0.4, 0.5) is 11.6 Å². The quantitative estimate of drug-likeness (QED) is 0.509. The Labute approximate surface area is 170 Å². The molecule has 5 nitrogen and oxygen atoms in total. The highest BCUT2D eigenvalue weighted by atomic mass is 35.5. The first-order valence-corrected chi connectivity index (χ1v) is 9.39. The Bertz CT molecular complexity index is 751. The Kier molecular flexibility index (Phi) is 7.62. The molecule has 2 aromatic rings. The van der Waals surface area contributed by atoms with E-state index in [9.17, 15) is 0 Å². The molecule has 142 valence electrons. The summed E-state index contributed by atoms with van der Waals surface area (Å²) in [5, 5.41) is 4.46. The number of hydrogen-bond donors (Lipinski definition) is 1. The van der Waals surface area contributed by atoms with Gasteiger partial charge in [0, 0.05) is 37.2 Å². The van der Waals surface area contributed by atoms with Crippen molar-refractivity contribution in [1.29, 1.82) is 0 Å². The second-order valence-corrected chi connectivity index (χ2v) is 7.28. The van der Waals surface area contributed by atoms with Crippen LogP contribution < -0.4 is 5.32 Å². The van der Waals surface area contributed by atoms with Crippen molar-refractivity contribution in [2.24, 2.45) is 4.99 Å². The predicted molar refractivity (Wildman–Crippen MR) is 112 cm³/mol. The molecule has 0 saturated carbocycles. The molecule has 1 aliphatic heterocycles. The molecule has 0 aliphatic carbocycles. The van der Waals surface area contributed by atoms with Crippen LogP contribution in [0.1, 0.15) is 39.2 Å². The number of anilines is 1. The van der Waals surface area contributed by atoms with Gasteiger partial charge in [0.1, 0.15) is 0 Å². The van der Waals surface area contributed by atoms with Crippen LogP contribution >= 0.6 is 35.6 Å². The van der Waals surface area contributed by atoms with Crippen LogP contribution in [-0.4, -0.2) is 33.5 Å². The Morgan fingerprint density at radius 3 is 2.54 bits per heavy atom. The van der Waals surface area contributed by atoms with Gasteiger partial charge in [-0.3, -0.25) is 0 Å². The number of hydrogen-bond acceptors (Lipinski definition) is 2. The molecule has 3 rings (SSSR count). The van der Waals surface area contributed by atoms with Crippen LogP contribution in [0.3, 0.4) is 0 Å². The first-order valence-electron chi connectivity index (χ1n) is 8.63. The zero-order valence-electron chi connectivity index (χ0n) is 15.0. The zero-order chi connectivity index (χ0) is 17.8. The van der Waals surface area contributed by atoms with E-state index in [1.54, 1.807) is 12.3 Å². The Morgan fingerprint density at radius 1 is 1.15 bits per heavy atom. The van der Waals surface area contributed by atoms with Crippen molar-refractivity contribution in [1.82, 2.24) is 14.5 Å². The molecule has 1 saturated heterocycles. The molecule has 0 radical (unpaired) electrons. The number of benzene rings is 1. The topological polar surface area (TPSA) is 45.5 Å². The number of guanidine groups is 1. The van der Waals surface area contributed by atoms with E-state index in [4.69, 9.17) is 28.2 Å². The molecule has 0 amide bonds. The lowest BCUT2D eigenvalue weighted by molar-refractivity contribution is 0.341. The van der Waals surface area contributed by atoms with Gasteiger partial charge in [0.25, 0.3) is 0 Å². The van der Waals surface area contributed by atoms with E-state index in [1.165, 1.54) is 19.3 Å². The zero-order valence-corrected chi connectivity index (χ0v) is 17.3. The fraction of sp³-hybridized carbons (Fsp3) is 0.444. The highest BCUT2D eigenvalue weighted by molar-refractivity contribution is 6.42. The third-order valence-electron chi connectivity index (χ3n) is 4.24. The molecule has 1 N–H and O–H groups in total. The van der Waals surface area contributed by atoms with Crippen molar-refractivity contribution in [2.75, 3.05) is 18.4 Å². The molecular weight excluding hydrogens is 393 g/mol. The van der Waals surface area contributed by atoms with Crippen molar-refractivity contribution < 1.29 is 0 Å². The molecule has 0 atom stereocenters. The molecule has 0 unspecified atom stereocenters. The lowest BCUT2D eigenvalue weighted by Gasteiger charge is -2.30. The van der Waals surface area contributed by atoms with Gasteiger partial charge in [-0.15, -0.1) is 12.4 Å². The van der Waals surface area contributed by atoms with Crippen LogP contribution in [0.25, 0.3) is 0 Å². The van der Waals surface area contributed by atoms with Crippen molar-refractivity contribution in [3.8, 4) is 0 Å². The predicted octanol–water partition coefficient (Wildman–Crippen LogP) is 5.78. The summed E-state index contributed by atoms with van der Waals surface area (Å²) in [6.07, 6.45) is 7.33. The van der Waals surface area contributed by atoms with E-state index in [1.807, 2.05) is 18.3 Å². The number of nitrogens with zero attached hydrogens (tertiary/aromatic N) is 4. The normalized spacial score (nSPS) is 15.1. The number of likely N-dealkylation sites (tertiary alicyclic amines) is 1. The summed E-state index contributed by atoms with van der Waals surface area (Å²) in [5.74, 6) is 1.49. The van der Waals surface area contributed by atoms with Gasteiger partial charge in [-0.05, 0) is 51.3 Å². The SMILES string of the molecule is CC(C)n1ccnc1/N=C(/Nc1ccc(Cl)c(Cl)c1)N1CCCCC1.Cl. The Balaban J connectivity index is 0.00000243. The number of aromatic nitrogens is 2. The molecule has 1 aliphatic rings. The minimum absolute atomic E-state index is 0. The Morgan fingerprint density at radius 2 is 1.88 bits per heavy atom. The molecule has 0 bridgehead atoms. The van der Waals surface area contributed by atoms with E-state index in [0.717, 1.165) is 24.7 Å². The smallest absolute Gasteiger partial charge is 0.232 e. The maximum atomic E-state index is 6.15. The number of nitrogens with one attached hydrogen (secondary N) is 1. The maximum Gasteiger partial charge on any atom is 0.232 e. The summed E-state index contributed by atoms with van der Waals surface area (Å²) in [6.45, 7) is 6.20. The average Bonchev–Trinajstić information content (AvgIpc) is 3.07. The molecule has 8 heteroatoms. The van der Waals surface area contributed by atoms with Crippen molar-refractivity contribution in [3.05, 3.63) is 40.6 Å². The highest BCUT2D eigenvalue weighted by Crippen LogP contribution is 2.26. The number of aliphatic imine (C=N–C) groups is 1. The van der Waals surface area contributed by atoms with E-state index < -0.39 is 0 Å². The standard InChI is InChI=1S/C18H23Cl2N5.ClH/c1-13(2)25-11-8-21-17(25)23-18(24-9-4-3-5-10-24)22-14-6-7-15(19)16(20)12-14;/h6-8,11-13H,3-5,9-10H2,1-2H3,(H,21,22,23);1H. The summed E-state index contributed by atoms with van der Waals surface area (Å²) < 4.78 is 2.06. The molecular formula is C18H24Cl3N5. The maximum absolute atomic E-state index is 6.15. The van der Waals surface area contributed by atoms with E-state index in [0.29, 0.717) is 22.0 Å². The third-order valence-corrected chi connectivity index (χ3v) is 4.98. The lowest BCUT2D eigenvalue weighted by atomic mass is 10.1. The first-order chi connectivity index (χ1) is 12.0. The second-order valence-electron chi connectivity index (χ2n) is 6.47. The van der Waals surface area contributed by atoms with Crippen molar-refractivity contribution >= 4 is 53.2 Å². The van der Waals surface area contributed by atoms with Gasteiger partial charge in [-0.2, -0.15) is 4.99 Å².